The van der Waals surface area contributed by atoms with Gasteiger partial charge in [-0.1, -0.05) is 53.2 Å². The second kappa shape index (κ2) is 44.2. The van der Waals surface area contributed by atoms with Crippen LogP contribution in [-0.4, -0.2) is 153 Å². The molecule has 0 aliphatic rings. The number of Topliss-reactive ketones (excluding diaryl/α,β-unsaturated/α-hetero) is 5. The van der Waals surface area contributed by atoms with E-state index < -0.39 is 193 Å². The van der Waals surface area contributed by atoms with Crippen molar-refractivity contribution in [2.75, 3.05) is 19.6 Å². The number of guanidine groups is 2. The Balaban J connectivity index is 3.91. The maximum atomic E-state index is 14.9. The molecular formula is C64H106N14O16. The van der Waals surface area contributed by atoms with Gasteiger partial charge in [0.05, 0.1) is 42.6 Å². The molecule has 0 aliphatic carbocycles. The summed E-state index contributed by atoms with van der Waals surface area (Å²) in [6.45, 7) is 10.4. The number of phenolic OH excluding ortho intramolecular Hbond substituents is 1. The molecule has 0 spiro atoms. The lowest BCUT2D eigenvalue weighted by atomic mass is 9.87. The predicted octanol–water partition coefficient (Wildman–Crippen LogP) is -0.0227. The molecule has 1 rings (SSSR count). The van der Waals surface area contributed by atoms with Gasteiger partial charge >= 0.3 is 5.97 Å². The lowest BCUT2D eigenvalue weighted by molar-refractivity contribution is -0.141. The van der Waals surface area contributed by atoms with Gasteiger partial charge in [-0.15, -0.1) is 0 Å². The molecule has 0 aliphatic heterocycles. The van der Waals surface area contributed by atoms with Gasteiger partial charge in [0.25, 0.3) is 0 Å². The maximum absolute atomic E-state index is 14.9. The monoisotopic (exact) mass is 1330 g/mol. The fraction of sp³-hybridized carbons (Fsp3) is 0.672. The molecule has 0 aromatic heterocycles. The Hall–Kier alpha value is -8.41. The number of aliphatic carboxylic acids is 1. The molecule has 528 valence electrons. The number of carbonyl (C=O) groups is 13. The zero-order valence-electron chi connectivity index (χ0n) is 55.4. The van der Waals surface area contributed by atoms with Crippen LogP contribution in [-0.2, 0) is 68.7 Å². The summed E-state index contributed by atoms with van der Waals surface area (Å²) >= 11 is 0. The van der Waals surface area contributed by atoms with E-state index in [4.69, 9.17) is 45.9 Å². The molecule has 7 amide bonds. The first-order chi connectivity index (χ1) is 44.0. The van der Waals surface area contributed by atoms with E-state index in [9.17, 15) is 77.6 Å². The van der Waals surface area contributed by atoms with Crippen molar-refractivity contribution in [1.82, 2.24) is 21.3 Å². The largest absolute Gasteiger partial charge is 0.508 e. The molecule has 0 fully saturated rings. The van der Waals surface area contributed by atoms with Crippen molar-refractivity contribution in [2.45, 2.75) is 207 Å². The number of rotatable bonds is 52. The Morgan fingerprint density at radius 3 is 1.36 bits per heavy atom. The molecule has 23 N–H and O–H groups in total. The van der Waals surface area contributed by atoms with Crippen LogP contribution >= 0.6 is 0 Å². The average molecular weight is 1330 g/mol. The summed E-state index contributed by atoms with van der Waals surface area (Å²) in [6.07, 6.45) is -4.64. The van der Waals surface area contributed by atoms with E-state index in [1.54, 1.807) is 0 Å². The van der Waals surface area contributed by atoms with Gasteiger partial charge in [-0.2, -0.15) is 0 Å². The summed E-state index contributed by atoms with van der Waals surface area (Å²) in [6, 6.07) is 0.244. The standard InChI is InChI=1S/C64H106N14O16/c1-35(2)26-42(58(68)90)32-54(85)49(27-36(3)4)78-59(91)40(12-7-9-23-65)30-51(82)47(14-11-25-74-64(71)72)75-61(93)43(29-39-15-18-44(80)19-16-39)33-53(84)48(20-22-56(67)87)76-60(92)41(17-21-55(66)86)31-52(83)46(13-8-10-24-73-63(69)70)77-62(94)45(38(6)79)34-50(81)37(5)28-57(88)89/h15-16,18-19,35-38,40-43,45-49,79-80H,7-14,17,20-34,65H2,1-6H3,(H2,66,86)(H2,67,87)(H2,68,90)(H,75,93)(H,76,92)(H,77,94)(H,78,91)(H,88,89)(H4,69,70,73)(H4,71,72,74)/t37-,38+,40+,41+,42+,43+,45-,46-,47-,48-,49-/m0/s1. The molecule has 0 heterocycles. The quantitative estimate of drug-likeness (QED) is 0.0231. The lowest BCUT2D eigenvalue weighted by Gasteiger charge is -2.27. The number of ketones is 5. The summed E-state index contributed by atoms with van der Waals surface area (Å²) in [5.41, 5.74) is 45.1. The summed E-state index contributed by atoms with van der Waals surface area (Å²) in [4.78, 5) is 185. The van der Waals surface area contributed by atoms with Crippen molar-refractivity contribution in [3.8, 4) is 5.75 Å². The number of hydrogen-bond donors (Lipinski definition) is 15. The summed E-state index contributed by atoms with van der Waals surface area (Å²) in [7, 11) is 0. The van der Waals surface area contributed by atoms with E-state index in [2.05, 4.69) is 31.3 Å². The Labute approximate surface area is 550 Å². The molecule has 30 nitrogen and oxygen atoms in total. The number of primary amides is 3. The summed E-state index contributed by atoms with van der Waals surface area (Å²) in [5.74, 6) is -18.2. The van der Waals surface area contributed by atoms with Crippen molar-refractivity contribution in [1.29, 1.82) is 0 Å². The molecule has 0 saturated carbocycles. The maximum Gasteiger partial charge on any atom is 0.304 e. The van der Waals surface area contributed by atoms with Crippen molar-refractivity contribution in [3.63, 3.8) is 0 Å². The number of hydrogen-bond acceptors (Lipinski definition) is 18. The Morgan fingerprint density at radius 1 is 0.457 bits per heavy atom. The fourth-order valence-electron chi connectivity index (χ4n) is 10.7. The van der Waals surface area contributed by atoms with Gasteiger partial charge in [0.1, 0.15) is 11.5 Å². The van der Waals surface area contributed by atoms with Crippen LogP contribution < -0.4 is 67.1 Å². The number of unbranched alkanes of at least 4 members (excludes halogenated alkanes) is 2. The van der Waals surface area contributed by atoms with Gasteiger partial charge in [-0.3, -0.25) is 72.3 Å². The van der Waals surface area contributed by atoms with Crippen LogP contribution in [0.4, 0.5) is 0 Å². The van der Waals surface area contributed by atoms with Crippen molar-refractivity contribution >= 4 is 88.2 Å². The number of nitrogens with one attached hydrogen (secondary N) is 4. The molecule has 0 unspecified atom stereocenters. The van der Waals surface area contributed by atoms with Crippen molar-refractivity contribution in [2.24, 2.45) is 103 Å². The van der Waals surface area contributed by atoms with Gasteiger partial charge in [0.2, 0.25) is 41.4 Å². The highest BCUT2D eigenvalue weighted by molar-refractivity contribution is 5.99. The first-order valence-electron chi connectivity index (χ1n) is 32.2. The second-order valence-electron chi connectivity index (χ2n) is 25.3. The number of aliphatic imine (C=N–C) groups is 2. The van der Waals surface area contributed by atoms with Crippen LogP contribution in [0.25, 0.3) is 0 Å². The van der Waals surface area contributed by atoms with Crippen LogP contribution in [0, 0.1) is 47.3 Å². The molecule has 94 heavy (non-hydrogen) atoms. The topological polar surface area (TPSA) is 564 Å². The fourth-order valence-corrected chi connectivity index (χ4v) is 10.7. The number of nitrogens with two attached hydrogens (primary N) is 8. The van der Waals surface area contributed by atoms with Gasteiger partial charge in [-0.05, 0) is 120 Å². The van der Waals surface area contributed by atoms with Crippen LogP contribution in [0.5, 0.6) is 5.75 Å². The SMILES string of the molecule is CC(C)C[C@H](CC(=O)[C@H](CC(C)C)NC(=O)[C@H](CCCCN)CC(=O)[C@H](CCCN=C(N)N)NC(=O)[C@@H](CC(=O)[C@H](CCC(N)=O)NC(=O)[C@H](CCC(N)=O)CC(=O)[C@H](CCCCN=C(N)N)NC(=O)[C@@H](CC(=O)[C@@H](C)CC(=O)O)[C@@H](C)O)Cc1ccc(O)cc1)C(N)=O. The third kappa shape index (κ3) is 35.0. The summed E-state index contributed by atoms with van der Waals surface area (Å²) < 4.78 is 0. The van der Waals surface area contributed by atoms with E-state index in [1.165, 1.54) is 38.1 Å². The minimum Gasteiger partial charge on any atom is -0.508 e. The molecule has 0 radical (unpaired) electrons. The van der Waals surface area contributed by atoms with Crippen molar-refractivity contribution < 1.29 is 77.6 Å². The smallest absolute Gasteiger partial charge is 0.304 e. The normalized spacial score (nSPS) is 14.8. The minimum absolute atomic E-state index is 0.00573. The first-order valence-corrected chi connectivity index (χ1v) is 32.2. The van der Waals surface area contributed by atoms with Gasteiger partial charge in [-0.25, -0.2) is 0 Å². The van der Waals surface area contributed by atoms with Crippen molar-refractivity contribution in [3.05, 3.63) is 29.8 Å². The zero-order valence-corrected chi connectivity index (χ0v) is 55.4. The highest BCUT2D eigenvalue weighted by Gasteiger charge is 2.37. The predicted molar refractivity (Wildman–Crippen MR) is 351 cm³/mol. The van der Waals surface area contributed by atoms with Crippen LogP contribution in [0.2, 0.25) is 0 Å². The highest BCUT2D eigenvalue weighted by Crippen LogP contribution is 2.25. The molecule has 30 heteroatoms. The van der Waals surface area contributed by atoms with Gasteiger partial charge in [0, 0.05) is 87.6 Å². The van der Waals surface area contributed by atoms with E-state index in [0.29, 0.717) is 31.2 Å². The van der Waals surface area contributed by atoms with Crippen LogP contribution in [0.15, 0.2) is 34.3 Å². The Kier molecular flexibility index (Phi) is 39.3. The van der Waals surface area contributed by atoms with E-state index in [0.717, 1.165) is 0 Å². The number of phenols is 1. The summed E-state index contributed by atoms with van der Waals surface area (Å²) in [5, 5.41) is 40.8. The third-order valence-electron chi connectivity index (χ3n) is 15.9. The van der Waals surface area contributed by atoms with E-state index in [1.807, 2.05) is 27.7 Å². The number of carbonyl (C=O) groups excluding carboxylic acids is 12. The second-order valence-corrected chi connectivity index (χ2v) is 25.3. The number of carboxylic acid groups (broad SMARTS) is 1. The molecular weight excluding hydrogens is 1220 g/mol. The number of benzene rings is 1. The zero-order chi connectivity index (χ0) is 71.4. The average Bonchev–Trinajstić information content (AvgIpc) is 0.927. The van der Waals surface area contributed by atoms with Crippen LogP contribution in [0.1, 0.15) is 176 Å². The number of carboxylic acids is 1. The van der Waals surface area contributed by atoms with E-state index >= 15 is 0 Å². The Bertz CT molecular complexity index is 2750. The molecule has 1 aromatic carbocycles. The number of aliphatic hydroxyl groups excluding tert-OH is 1. The first kappa shape index (κ1) is 83.6. The number of aliphatic hydroxyl groups is 1. The van der Waals surface area contributed by atoms with Crippen LogP contribution in [0.3, 0.4) is 0 Å². The Morgan fingerprint density at radius 2 is 0.883 bits per heavy atom. The minimum atomic E-state index is -1.60. The third-order valence-corrected chi connectivity index (χ3v) is 15.9. The molecule has 1 aromatic rings. The van der Waals surface area contributed by atoms with E-state index in [-0.39, 0.29) is 107 Å². The highest BCUT2D eigenvalue weighted by atomic mass is 16.4. The number of nitrogens with zero attached hydrogens (tertiary/aromatic N) is 2. The molecule has 0 saturated heterocycles. The molecule has 11 atom stereocenters. The van der Waals surface area contributed by atoms with Gasteiger partial charge < -0.3 is 82.5 Å². The van der Waals surface area contributed by atoms with Gasteiger partial charge in [0.15, 0.2) is 35.1 Å². The molecule has 0 bridgehead atoms. The number of amides is 7. The number of aromatic hydroxyl groups is 1. The lowest BCUT2D eigenvalue weighted by Crippen LogP contribution is -2.49.